The van der Waals surface area contributed by atoms with E-state index in [9.17, 15) is 9.59 Å². The van der Waals surface area contributed by atoms with Crippen LogP contribution in [-0.2, 0) is 15.3 Å². The minimum Gasteiger partial charge on any atom is -0.427 e. The highest BCUT2D eigenvalue weighted by Gasteiger charge is 2.28. The summed E-state index contributed by atoms with van der Waals surface area (Å²) in [5.41, 5.74) is 0.823. The molecule has 0 bridgehead atoms. The summed E-state index contributed by atoms with van der Waals surface area (Å²) >= 11 is 14.2. The molecule has 0 N–H and O–H groups in total. The Balaban J connectivity index is 1.51. The minimum absolute atomic E-state index is 0.0401. The molecule has 4 rings (SSSR count). The van der Waals surface area contributed by atoms with E-state index in [1.54, 1.807) is 10.7 Å². The van der Waals surface area contributed by atoms with Gasteiger partial charge in [-0.3, -0.25) is 4.79 Å². The first-order valence-corrected chi connectivity index (χ1v) is 10.6. The number of halogens is 2. The summed E-state index contributed by atoms with van der Waals surface area (Å²) in [7, 11) is 0. The summed E-state index contributed by atoms with van der Waals surface area (Å²) in [6.07, 6.45) is 5.21. The Bertz CT molecular complexity index is 972. The molecule has 7 nitrogen and oxygen atoms in total. The van der Waals surface area contributed by atoms with E-state index in [1.165, 1.54) is 23.9 Å². The van der Waals surface area contributed by atoms with Gasteiger partial charge in [0.25, 0.3) is 0 Å². The number of rotatable bonds is 6. The number of carbonyl (C=O) groups excluding carboxylic acids is 2. The molecular formula is C18H16Cl2N4O3S. The van der Waals surface area contributed by atoms with Crippen molar-refractivity contribution in [1.82, 2.24) is 20.2 Å². The number of allylic oxidation sites excluding steroid dienone is 2. The molecule has 0 saturated heterocycles. The van der Waals surface area contributed by atoms with E-state index in [-0.39, 0.29) is 16.4 Å². The van der Waals surface area contributed by atoms with E-state index < -0.39 is 5.97 Å². The number of esters is 1. The van der Waals surface area contributed by atoms with Crippen molar-refractivity contribution in [1.29, 1.82) is 0 Å². The van der Waals surface area contributed by atoms with Gasteiger partial charge >= 0.3 is 5.97 Å². The van der Waals surface area contributed by atoms with Gasteiger partial charge in [0.15, 0.2) is 5.78 Å². The van der Waals surface area contributed by atoms with Gasteiger partial charge in [0.1, 0.15) is 5.76 Å². The molecule has 146 valence electrons. The Morgan fingerprint density at radius 3 is 2.86 bits per heavy atom. The number of aromatic nitrogens is 4. The quantitative estimate of drug-likeness (QED) is 0.487. The smallest absolute Gasteiger partial charge is 0.344 e. The molecule has 1 aromatic carbocycles. The summed E-state index contributed by atoms with van der Waals surface area (Å²) in [5.74, 6) is 0.137. The lowest BCUT2D eigenvalue weighted by Gasteiger charge is -2.14. The van der Waals surface area contributed by atoms with Gasteiger partial charge in [-0.25, -0.2) is 9.48 Å². The Morgan fingerprint density at radius 2 is 2.11 bits per heavy atom. The molecule has 0 amide bonds. The number of nitrogens with zero attached hydrogens (tertiary/aromatic N) is 4. The standard InChI is InChI=1S/C18H16Cl2N4O3S/c19-15-7-6-13(17(26)27-12-3-1-2-11(25)8-12)16(20)14(15)9-28-18-21-22-23-24(18)10-4-5-10/h6-8,10H,1-5,9H2. The lowest BCUT2D eigenvalue weighted by Crippen LogP contribution is -2.11. The first kappa shape index (κ1) is 19.4. The predicted octanol–water partition coefficient (Wildman–Crippen LogP) is 4.40. The fourth-order valence-electron chi connectivity index (χ4n) is 2.87. The number of hydrogen-bond donors (Lipinski definition) is 0. The number of ketones is 1. The number of benzene rings is 1. The molecule has 0 aliphatic heterocycles. The molecule has 0 radical (unpaired) electrons. The highest BCUT2D eigenvalue weighted by molar-refractivity contribution is 7.98. The Kier molecular flexibility index (Phi) is 5.70. The molecule has 28 heavy (non-hydrogen) atoms. The van der Waals surface area contributed by atoms with Crippen LogP contribution >= 0.6 is 35.0 Å². The van der Waals surface area contributed by atoms with Gasteiger partial charge in [-0.1, -0.05) is 35.0 Å². The Morgan fingerprint density at radius 1 is 1.29 bits per heavy atom. The maximum absolute atomic E-state index is 12.5. The molecule has 10 heteroatoms. The number of tetrazole rings is 1. The highest BCUT2D eigenvalue weighted by atomic mass is 35.5. The van der Waals surface area contributed by atoms with E-state index in [0.717, 1.165) is 12.8 Å². The van der Waals surface area contributed by atoms with Crippen LogP contribution in [0.25, 0.3) is 0 Å². The third-order valence-electron chi connectivity index (χ3n) is 4.50. The van der Waals surface area contributed by atoms with Crippen LogP contribution in [0.1, 0.15) is 54.1 Å². The molecule has 2 aromatic rings. The van der Waals surface area contributed by atoms with Gasteiger partial charge < -0.3 is 4.74 Å². The summed E-state index contributed by atoms with van der Waals surface area (Å²) in [6, 6.07) is 3.50. The summed E-state index contributed by atoms with van der Waals surface area (Å²) in [6.45, 7) is 0. The maximum Gasteiger partial charge on any atom is 0.344 e. The van der Waals surface area contributed by atoms with Crippen LogP contribution in [-0.4, -0.2) is 32.0 Å². The average molecular weight is 439 g/mol. The van der Waals surface area contributed by atoms with Gasteiger partial charge in [0, 0.05) is 35.3 Å². The van der Waals surface area contributed by atoms with Crippen LogP contribution in [0, 0.1) is 0 Å². The van der Waals surface area contributed by atoms with Crippen molar-refractivity contribution in [2.45, 2.75) is 49.1 Å². The summed E-state index contributed by atoms with van der Waals surface area (Å²) < 4.78 is 7.17. The van der Waals surface area contributed by atoms with Crippen LogP contribution in [0.4, 0.5) is 0 Å². The van der Waals surface area contributed by atoms with Gasteiger partial charge in [-0.05, 0) is 41.8 Å². The first-order valence-electron chi connectivity index (χ1n) is 8.86. The third-order valence-corrected chi connectivity index (χ3v) is 6.24. The zero-order valence-electron chi connectivity index (χ0n) is 14.7. The Hall–Kier alpha value is -1.90. The molecular weight excluding hydrogens is 423 g/mol. The lowest BCUT2D eigenvalue weighted by molar-refractivity contribution is -0.115. The van der Waals surface area contributed by atoms with Crippen molar-refractivity contribution >= 4 is 46.7 Å². The first-order chi connectivity index (χ1) is 13.5. The molecule has 1 saturated carbocycles. The van der Waals surface area contributed by atoms with Crippen LogP contribution in [0.15, 0.2) is 29.1 Å². The van der Waals surface area contributed by atoms with Crippen molar-refractivity contribution in [3.63, 3.8) is 0 Å². The molecule has 1 fully saturated rings. The molecule has 0 atom stereocenters. The highest BCUT2D eigenvalue weighted by Crippen LogP contribution is 2.38. The zero-order chi connectivity index (χ0) is 19.7. The second-order valence-corrected chi connectivity index (χ2v) is 8.36. The van der Waals surface area contributed by atoms with E-state index in [4.69, 9.17) is 27.9 Å². The van der Waals surface area contributed by atoms with Crippen LogP contribution < -0.4 is 0 Å². The number of carbonyl (C=O) groups is 2. The fourth-order valence-corrected chi connectivity index (χ4v) is 4.59. The largest absolute Gasteiger partial charge is 0.427 e. The SMILES string of the molecule is O=C1C=C(OC(=O)c2ccc(Cl)c(CSc3nnnn3C3CC3)c2Cl)CCC1. The molecule has 2 aliphatic carbocycles. The van der Waals surface area contributed by atoms with Gasteiger partial charge in [-0.2, -0.15) is 0 Å². The minimum atomic E-state index is -0.600. The van der Waals surface area contributed by atoms with E-state index in [1.807, 2.05) is 0 Å². The summed E-state index contributed by atoms with van der Waals surface area (Å²) in [5, 5.41) is 13.2. The van der Waals surface area contributed by atoms with Crippen molar-refractivity contribution in [2.75, 3.05) is 0 Å². The van der Waals surface area contributed by atoms with Crippen molar-refractivity contribution < 1.29 is 14.3 Å². The molecule has 1 heterocycles. The molecule has 0 unspecified atom stereocenters. The molecule has 1 aromatic heterocycles. The lowest BCUT2D eigenvalue weighted by atomic mass is 10.1. The zero-order valence-corrected chi connectivity index (χ0v) is 17.1. The molecule has 0 spiro atoms. The van der Waals surface area contributed by atoms with Gasteiger partial charge in [0.2, 0.25) is 5.16 Å². The topological polar surface area (TPSA) is 87.0 Å². The van der Waals surface area contributed by atoms with Crippen LogP contribution in [0.3, 0.4) is 0 Å². The monoisotopic (exact) mass is 438 g/mol. The van der Waals surface area contributed by atoms with Crippen molar-refractivity contribution in [3.05, 3.63) is 45.1 Å². The second kappa shape index (κ2) is 8.23. The number of ether oxygens (including phenoxy) is 1. The van der Waals surface area contributed by atoms with Crippen LogP contribution in [0.2, 0.25) is 10.0 Å². The van der Waals surface area contributed by atoms with Crippen molar-refractivity contribution in [2.24, 2.45) is 0 Å². The van der Waals surface area contributed by atoms with Crippen molar-refractivity contribution in [3.8, 4) is 0 Å². The van der Waals surface area contributed by atoms with E-state index in [2.05, 4.69) is 15.5 Å². The van der Waals surface area contributed by atoms with E-state index in [0.29, 0.717) is 52.6 Å². The molecule has 2 aliphatic rings. The number of hydrogen-bond acceptors (Lipinski definition) is 7. The predicted molar refractivity (Wildman–Crippen MR) is 104 cm³/mol. The van der Waals surface area contributed by atoms with Gasteiger partial charge in [-0.15, -0.1) is 5.10 Å². The summed E-state index contributed by atoms with van der Waals surface area (Å²) in [4.78, 5) is 24.0. The number of thioether (sulfide) groups is 1. The van der Waals surface area contributed by atoms with Crippen LogP contribution in [0.5, 0.6) is 0 Å². The average Bonchev–Trinajstić information content (AvgIpc) is 3.40. The second-order valence-electron chi connectivity index (χ2n) is 6.63. The Labute approximate surface area is 175 Å². The van der Waals surface area contributed by atoms with E-state index >= 15 is 0 Å². The fraction of sp³-hybridized carbons (Fsp3) is 0.389. The normalized spacial score (nSPS) is 16.8. The third kappa shape index (κ3) is 4.24. The maximum atomic E-state index is 12.5. The van der Waals surface area contributed by atoms with Gasteiger partial charge in [0.05, 0.1) is 16.6 Å².